The summed E-state index contributed by atoms with van der Waals surface area (Å²) in [5, 5.41) is 8.18. The smallest absolute Gasteiger partial charge is 0.272 e. The van der Waals surface area contributed by atoms with Gasteiger partial charge in [0, 0.05) is 41.6 Å². The minimum Gasteiger partial charge on any atom is -0.457 e. The standard InChI is InChI=1S/C44H38N4O4S/c1-48(2)36-24-18-31(19-25-36)30-40(47-42(49)33-14-8-4-9-15-33)43(50)45-35-22-28-39(29-23-35)53-41(32-12-6-3-7-13-32)44(51)46-34-20-26-38(27-21-34)52-37-16-10-5-11-17-37/h3-30,41H,1-2H3,(H,45,50)(H,46,51)(H,47,49)/b40-30-. The summed E-state index contributed by atoms with van der Waals surface area (Å²) in [7, 11) is 3.90. The van der Waals surface area contributed by atoms with Gasteiger partial charge >= 0.3 is 0 Å². The first-order chi connectivity index (χ1) is 25.8. The molecule has 3 N–H and O–H groups in total. The van der Waals surface area contributed by atoms with E-state index >= 15 is 0 Å². The number of anilines is 3. The number of nitrogens with one attached hydrogen (secondary N) is 3. The van der Waals surface area contributed by atoms with Gasteiger partial charge in [-0.2, -0.15) is 0 Å². The van der Waals surface area contributed by atoms with Crippen molar-refractivity contribution in [2.24, 2.45) is 0 Å². The lowest BCUT2D eigenvalue weighted by Gasteiger charge is -2.18. The van der Waals surface area contributed by atoms with Gasteiger partial charge in [0.05, 0.1) is 0 Å². The molecule has 264 valence electrons. The van der Waals surface area contributed by atoms with Crippen LogP contribution in [0.2, 0.25) is 0 Å². The van der Waals surface area contributed by atoms with Crippen LogP contribution in [-0.2, 0) is 9.59 Å². The molecule has 6 aromatic rings. The van der Waals surface area contributed by atoms with E-state index in [0.717, 1.165) is 27.5 Å². The van der Waals surface area contributed by atoms with E-state index in [2.05, 4.69) is 16.0 Å². The quantitative estimate of drug-likeness (QED) is 0.0813. The van der Waals surface area contributed by atoms with E-state index in [1.54, 1.807) is 42.5 Å². The van der Waals surface area contributed by atoms with E-state index in [0.29, 0.717) is 22.7 Å². The first-order valence-corrected chi connectivity index (χ1v) is 17.8. The first kappa shape index (κ1) is 36.2. The largest absolute Gasteiger partial charge is 0.457 e. The number of carbonyl (C=O) groups excluding carboxylic acids is 3. The van der Waals surface area contributed by atoms with Gasteiger partial charge in [0.15, 0.2) is 0 Å². The molecule has 0 aliphatic rings. The van der Waals surface area contributed by atoms with Gasteiger partial charge in [-0.15, -0.1) is 11.8 Å². The number of para-hydroxylation sites is 1. The minimum atomic E-state index is -0.557. The number of nitrogens with zero attached hydrogens (tertiary/aromatic N) is 1. The molecule has 53 heavy (non-hydrogen) atoms. The van der Waals surface area contributed by atoms with Crippen LogP contribution < -0.4 is 25.6 Å². The maximum Gasteiger partial charge on any atom is 0.272 e. The lowest BCUT2D eigenvalue weighted by Crippen LogP contribution is -2.30. The summed E-state index contributed by atoms with van der Waals surface area (Å²) >= 11 is 1.40. The molecule has 1 unspecified atom stereocenters. The Bertz CT molecular complexity index is 2160. The highest BCUT2D eigenvalue weighted by Crippen LogP contribution is 2.37. The Morgan fingerprint density at radius 1 is 0.623 bits per heavy atom. The number of thioether (sulfide) groups is 1. The molecule has 0 aromatic heterocycles. The zero-order valence-electron chi connectivity index (χ0n) is 29.2. The molecule has 0 radical (unpaired) electrons. The zero-order chi connectivity index (χ0) is 37.0. The number of amides is 3. The summed E-state index contributed by atoms with van der Waals surface area (Å²) in [6.07, 6.45) is 1.65. The molecule has 0 aliphatic heterocycles. The summed E-state index contributed by atoms with van der Waals surface area (Å²) in [4.78, 5) is 43.2. The molecule has 0 bridgehead atoms. The van der Waals surface area contributed by atoms with Crippen molar-refractivity contribution in [3.8, 4) is 11.5 Å². The third-order valence-electron chi connectivity index (χ3n) is 8.06. The van der Waals surface area contributed by atoms with Crippen LogP contribution in [0.3, 0.4) is 0 Å². The fourth-order valence-electron chi connectivity index (χ4n) is 5.27. The van der Waals surface area contributed by atoms with Gasteiger partial charge in [-0.05, 0) is 102 Å². The van der Waals surface area contributed by atoms with Crippen molar-refractivity contribution < 1.29 is 19.1 Å². The van der Waals surface area contributed by atoms with Crippen LogP contribution in [-0.4, -0.2) is 31.8 Å². The summed E-state index contributed by atoms with van der Waals surface area (Å²) in [6.45, 7) is 0. The minimum absolute atomic E-state index is 0.0929. The molecule has 0 aliphatic carbocycles. The van der Waals surface area contributed by atoms with E-state index in [-0.39, 0.29) is 11.6 Å². The molecule has 0 saturated carbocycles. The summed E-state index contributed by atoms with van der Waals surface area (Å²) in [5.74, 6) is 0.333. The number of ether oxygens (including phenoxy) is 1. The Balaban J connectivity index is 1.15. The van der Waals surface area contributed by atoms with Gasteiger partial charge in [-0.3, -0.25) is 14.4 Å². The van der Waals surface area contributed by atoms with Crippen LogP contribution in [0, 0.1) is 0 Å². The zero-order valence-corrected chi connectivity index (χ0v) is 30.0. The third-order valence-corrected chi connectivity index (χ3v) is 9.32. The average Bonchev–Trinajstić information content (AvgIpc) is 3.19. The van der Waals surface area contributed by atoms with Crippen LogP contribution in [0.1, 0.15) is 26.7 Å². The van der Waals surface area contributed by atoms with Crippen molar-refractivity contribution in [2.45, 2.75) is 10.1 Å². The van der Waals surface area contributed by atoms with Crippen LogP contribution in [0.15, 0.2) is 174 Å². The van der Waals surface area contributed by atoms with Crippen molar-refractivity contribution in [3.05, 3.63) is 186 Å². The van der Waals surface area contributed by atoms with Crippen LogP contribution in [0.4, 0.5) is 17.1 Å². The monoisotopic (exact) mass is 718 g/mol. The van der Waals surface area contributed by atoms with Crippen molar-refractivity contribution >= 4 is 52.6 Å². The van der Waals surface area contributed by atoms with Crippen LogP contribution in [0.5, 0.6) is 11.5 Å². The summed E-state index contributed by atoms with van der Waals surface area (Å²) in [5.41, 5.74) is 4.31. The van der Waals surface area contributed by atoms with E-state index in [4.69, 9.17) is 4.74 Å². The van der Waals surface area contributed by atoms with Crippen LogP contribution in [0.25, 0.3) is 6.08 Å². The molecule has 0 heterocycles. The number of carbonyl (C=O) groups is 3. The first-order valence-electron chi connectivity index (χ1n) is 16.9. The fourth-order valence-corrected chi connectivity index (χ4v) is 6.29. The molecule has 3 amide bonds. The van der Waals surface area contributed by atoms with E-state index in [1.807, 2.05) is 146 Å². The van der Waals surface area contributed by atoms with Gasteiger partial charge < -0.3 is 25.6 Å². The lowest BCUT2D eigenvalue weighted by atomic mass is 10.1. The second kappa shape index (κ2) is 17.6. The molecule has 6 aromatic carbocycles. The Kier molecular flexibility index (Phi) is 12.0. The van der Waals surface area contributed by atoms with Crippen LogP contribution >= 0.6 is 11.8 Å². The van der Waals surface area contributed by atoms with Gasteiger partial charge in [0.1, 0.15) is 22.4 Å². The molecular formula is C44H38N4O4S. The molecule has 0 fully saturated rings. The maximum atomic E-state index is 13.7. The molecule has 1 atom stereocenters. The average molecular weight is 719 g/mol. The molecule has 6 rings (SSSR count). The van der Waals surface area contributed by atoms with Gasteiger partial charge in [0.2, 0.25) is 5.91 Å². The Labute approximate surface area is 313 Å². The molecular weight excluding hydrogens is 681 g/mol. The molecule has 9 heteroatoms. The Hall–Kier alpha value is -6.58. The highest BCUT2D eigenvalue weighted by atomic mass is 32.2. The predicted octanol–water partition coefficient (Wildman–Crippen LogP) is 9.43. The van der Waals surface area contributed by atoms with E-state index in [9.17, 15) is 14.4 Å². The SMILES string of the molecule is CN(C)c1ccc(/C=C(\NC(=O)c2ccccc2)C(=O)Nc2ccc(SC(C(=O)Nc3ccc(Oc4ccccc4)cc3)c3ccccc3)cc2)cc1. The number of hydrogen-bond donors (Lipinski definition) is 3. The summed E-state index contributed by atoms with van der Waals surface area (Å²) < 4.78 is 5.89. The van der Waals surface area contributed by atoms with Gasteiger partial charge in [-0.1, -0.05) is 78.9 Å². The van der Waals surface area contributed by atoms with E-state index in [1.165, 1.54) is 11.8 Å². The topological polar surface area (TPSA) is 99.8 Å². The maximum absolute atomic E-state index is 13.7. The second-order valence-corrected chi connectivity index (χ2v) is 13.4. The third kappa shape index (κ3) is 10.2. The normalized spacial score (nSPS) is 11.5. The summed E-state index contributed by atoms with van der Waals surface area (Å²) in [6, 6.07) is 50.0. The molecule has 0 saturated heterocycles. The van der Waals surface area contributed by atoms with E-state index < -0.39 is 17.1 Å². The van der Waals surface area contributed by atoms with Crippen molar-refractivity contribution in [1.29, 1.82) is 0 Å². The van der Waals surface area contributed by atoms with Crippen molar-refractivity contribution in [2.75, 3.05) is 29.6 Å². The Morgan fingerprint density at radius 2 is 1.17 bits per heavy atom. The van der Waals surface area contributed by atoms with Crippen molar-refractivity contribution in [1.82, 2.24) is 5.32 Å². The van der Waals surface area contributed by atoms with Gasteiger partial charge in [0.25, 0.3) is 11.8 Å². The molecule has 0 spiro atoms. The van der Waals surface area contributed by atoms with Crippen molar-refractivity contribution in [3.63, 3.8) is 0 Å². The number of benzene rings is 6. The van der Waals surface area contributed by atoms with Gasteiger partial charge in [-0.25, -0.2) is 0 Å². The second-order valence-electron chi connectivity index (χ2n) is 12.2. The number of hydrogen-bond acceptors (Lipinski definition) is 6. The molecule has 8 nitrogen and oxygen atoms in total. The lowest BCUT2D eigenvalue weighted by molar-refractivity contribution is -0.116. The highest BCUT2D eigenvalue weighted by molar-refractivity contribution is 8.00. The fraction of sp³-hybridized carbons (Fsp3) is 0.0682. The number of rotatable bonds is 13. The highest BCUT2D eigenvalue weighted by Gasteiger charge is 2.23. The Morgan fingerprint density at radius 3 is 1.79 bits per heavy atom. The predicted molar refractivity (Wildman–Crippen MR) is 214 cm³/mol.